The van der Waals surface area contributed by atoms with Crippen molar-refractivity contribution in [1.29, 1.82) is 0 Å². The van der Waals surface area contributed by atoms with Crippen molar-refractivity contribution in [3.63, 3.8) is 0 Å². The lowest BCUT2D eigenvalue weighted by atomic mass is 10.0. The maximum atomic E-state index is 12.2. The van der Waals surface area contributed by atoms with Crippen molar-refractivity contribution in [2.75, 3.05) is 7.05 Å². The molecule has 7 nitrogen and oxygen atoms in total. The fourth-order valence-electron chi connectivity index (χ4n) is 2.14. The molecule has 2 N–H and O–H groups in total. The minimum atomic E-state index is -1.11. The average molecular weight is 296 g/mol. The summed E-state index contributed by atoms with van der Waals surface area (Å²) in [5, 5.41) is 15.7. The maximum absolute atomic E-state index is 12.2. The predicted molar refractivity (Wildman–Crippen MR) is 78.8 cm³/mol. The molecule has 0 saturated carbocycles. The number of urea groups is 1. The number of aryl methyl sites for hydroxylation is 1. The van der Waals surface area contributed by atoms with Crippen molar-refractivity contribution in [2.24, 2.45) is 13.0 Å². The van der Waals surface area contributed by atoms with Crippen LogP contribution in [0.1, 0.15) is 38.8 Å². The Morgan fingerprint density at radius 2 is 2.05 bits per heavy atom. The van der Waals surface area contributed by atoms with Gasteiger partial charge >= 0.3 is 12.0 Å². The maximum Gasteiger partial charge on any atom is 0.331 e. The normalized spacial score (nSPS) is 13.8. The minimum Gasteiger partial charge on any atom is -0.479 e. The first-order valence-electron chi connectivity index (χ1n) is 6.97. The molecule has 118 valence electrons. The Bertz CT molecular complexity index is 498. The molecule has 0 aliphatic carbocycles. The first-order valence-corrected chi connectivity index (χ1v) is 6.97. The van der Waals surface area contributed by atoms with Crippen molar-refractivity contribution in [3.8, 4) is 0 Å². The van der Waals surface area contributed by atoms with Crippen molar-refractivity contribution in [3.05, 3.63) is 18.0 Å². The van der Waals surface area contributed by atoms with Gasteiger partial charge in [-0.15, -0.1) is 0 Å². The summed E-state index contributed by atoms with van der Waals surface area (Å²) >= 11 is 0. The zero-order chi connectivity index (χ0) is 16.2. The van der Waals surface area contributed by atoms with Crippen LogP contribution in [0.2, 0.25) is 0 Å². The van der Waals surface area contributed by atoms with Gasteiger partial charge in [-0.1, -0.05) is 13.8 Å². The van der Waals surface area contributed by atoms with Gasteiger partial charge in [0.1, 0.15) is 0 Å². The molecule has 1 aromatic rings. The number of carbonyl (C=O) groups is 2. The predicted octanol–water partition coefficient (Wildman–Crippen LogP) is 1.62. The molecule has 2 amide bonds. The van der Waals surface area contributed by atoms with Crippen LogP contribution < -0.4 is 5.32 Å². The SMILES string of the molecule is CC(C)CC(C)N(C)C(=O)NC(C(=O)O)c1cnn(C)c1. The number of nitrogens with one attached hydrogen (secondary N) is 1. The third-order valence-electron chi connectivity index (χ3n) is 3.37. The topological polar surface area (TPSA) is 87.5 Å². The molecule has 7 heteroatoms. The summed E-state index contributed by atoms with van der Waals surface area (Å²) < 4.78 is 1.50. The molecule has 0 fully saturated rings. The number of carboxylic acids is 1. The number of aliphatic carboxylic acids is 1. The van der Waals surface area contributed by atoms with Crippen molar-refractivity contribution < 1.29 is 14.7 Å². The number of hydrogen-bond donors (Lipinski definition) is 2. The van der Waals surface area contributed by atoms with Crippen LogP contribution in [0.15, 0.2) is 12.4 Å². The number of amides is 2. The molecule has 1 aromatic heterocycles. The average Bonchev–Trinajstić information content (AvgIpc) is 2.79. The van der Waals surface area contributed by atoms with Crippen molar-refractivity contribution in [1.82, 2.24) is 20.0 Å². The smallest absolute Gasteiger partial charge is 0.331 e. The summed E-state index contributed by atoms with van der Waals surface area (Å²) in [6.07, 6.45) is 3.88. The lowest BCUT2D eigenvalue weighted by Crippen LogP contribution is -2.45. The Morgan fingerprint density at radius 3 is 2.48 bits per heavy atom. The van der Waals surface area contributed by atoms with E-state index < -0.39 is 18.0 Å². The van der Waals surface area contributed by atoms with Gasteiger partial charge in [-0.3, -0.25) is 4.68 Å². The third-order valence-corrected chi connectivity index (χ3v) is 3.37. The zero-order valence-corrected chi connectivity index (χ0v) is 13.2. The summed E-state index contributed by atoms with van der Waals surface area (Å²) in [5.74, 6) is -0.648. The largest absolute Gasteiger partial charge is 0.479 e. The van der Waals surface area contributed by atoms with E-state index >= 15 is 0 Å². The molecule has 0 saturated heterocycles. The molecular weight excluding hydrogens is 272 g/mol. The van der Waals surface area contributed by atoms with Gasteiger partial charge in [0, 0.05) is 31.9 Å². The summed E-state index contributed by atoms with van der Waals surface area (Å²) in [5.41, 5.74) is 0.447. The van der Waals surface area contributed by atoms with Crippen LogP contribution in [0.5, 0.6) is 0 Å². The van der Waals surface area contributed by atoms with Gasteiger partial charge < -0.3 is 15.3 Å². The second-order valence-electron chi connectivity index (χ2n) is 5.76. The van der Waals surface area contributed by atoms with E-state index in [0.717, 1.165) is 6.42 Å². The molecule has 0 radical (unpaired) electrons. The van der Waals surface area contributed by atoms with Gasteiger partial charge in [-0.25, -0.2) is 9.59 Å². The highest BCUT2D eigenvalue weighted by Crippen LogP contribution is 2.14. The number of aromatic nitrogens is 2. The van der Waals surface area contributed by atoms with Crippen LogP contribution in [0, 0.1) is 5.92 Å². The summed E-state index contributed by atoms with van der Waals surface area (Å²) in [6, 6.07) is -1.47. The van der Waals surface area contributed by atoms with E-state index in [1.807, 2.05) is 6.92 Å². The van der Waals surface area contributed by atoms with Gasteiger partial charge in [0.05, 0.1) is 6.20 Å². The molecule has 2 atom stereocenters. The summed E-state index contributed by atoms with van der Waals surface area (Å²) in [6.45, 7) is 6.11. The molecular formula is C14H24N4O3. The van der Waals surface area contributed by atoms with Crippen LogP contribution in [0.25, 0.3) is 0 Å². The van der Waals surface area contributed by atoms with E-state index in [2.05, 4.69) is 24.3 Å². The fraction of sp³-hybridized carbons (Fsp3) is 0.643. The van der Waals surface area contributed by atoms with Gasteiger partial charge in [0.15, 0.2) is 6.04 Å². The van der Waals surface area contributed by atoms with E-state index in [-0.39, 0.29) is 6.04 Å². The van der Waals surface area contributed by atoms with Gasteiger partial charge in [-0.05, 0) is 19.3 Å². The standard InChI is InChI=1S/C14H24N4O3/c1-9(2)6-10(3)18(5)14(21)16-12(13(19)20)11-7-15-17(4)8-11/h7-10,12H,6H2,1-5H3,(H,16,21)(H,19,20). The Hall–Kier alpha value is -2.05. The zero-order valence-electron chi connectivity index (χ0n) is 13.2. The lowest BCUT2D eigenvalue weighted by molar-refractivity contribution is -0.139. The Labute approximate surface area is 124 Å². The molecule has 0 bridgehead atoms. The summed E-state index contributed by atoms with van der Waals surface area (Å²) in [4.78, 5) is 25.1. The molecule has 1 rings (SSSR count). The van der Waals surface area contributed by atoms with E-state index in [4.69, 9.17) is 0 Å². The molecule has 0 aliphatic heterocycles. The summed E-state index contributed by atoms with van der Waals surface area (Å²) in [7, 11) is 3.37. The third kappa shape index (κ3) is 4.77. The number of carboxylic acid groups (broad SMARTS) is 1. The number of nitrogens with zero attached hydrogens (tertiary/aromatic N) is 3. The van der Waals surface area contributed by atoms with Crippen molar-refractivity contribution >= 4 is 12.0 Å². The van der Waals surface area contributed by atoms with Crippen LogP contribution in [0.4, 0.5) is 4.79 Å². The molecule has 0 aromatic carbocycles. The highest BCUT2D eigenvalue weighted by Gasteiger charge is 2.26. The molecule has 0 spiro atoms. The molecule has 1 heterocycles. The fourth-order valence-corrected chi connectivity index (χ4v) is 2.14. The quantitative estimate of drug-likeness (QED) is 0.835. The Balaban J connectivity index is 2.75. The Kier molecular flexibility index (Phi) is 5.75. The van der Waals surface area contributed by atoms with Crippen molar-refractivity contribution in [2.45, 2.75) is 39.3 Å². The van der Waals surface area contributed by atoms with Crippen LogP contribution in [-0.2, 0) is 11.8 Å². The second-order valence-corrected chi connectivity index (χ2v) is 5.76. The number of hydrogen-bond acceptors (Lipinski definition) is 3. The number of carbonyl (C=O) groups excluding carboxylic acids is 1. The van der Waals surface area contributed by atoms with Crippen LogP contribution in [-0.4, -0.2) is 44.9 Å². The molecule has 2 unspecified atom stereocenters. The van der Waals surface area contributed by atoms with E-state index in [9.17, 15) is 14.7 Å². The molecule has 0 aliphatic rings. The first-order chi connectivity index (χ1) is 9.72. The minimum absolute atomic E-state index is 0.0355. The number of rotatable bonds is 6. The second kappa shape index (κ2) is 7.10. The van der Waals surface area contributed by atoms with E-state index in [0.29, 0.717) is 11.5 Å². The van der Waals surface area contributed by atoms with Gasteiger partial charge in [-0.2, -0.15) is 5.10 Å². The van der Waals surface area contributed by atoms with E-state index in [1.165, 1.54) is 15.8 Å². The van der Waals surface area contributed by atoms with Gasteiger partial charge in [0.2, 0.25) is 0 Å². The highest BCUT2D eigenvalue weighted by molar-refractivity contribution is 5.83. The van der Waals surface area contributed by atoms with Gasteiger partial charge in [0.25, 0.3) is 0 Å². The molecule has 21 heavy (non-hydrogen) atoms. The Morgan fingerprint density at radius 1 is 1.43 bits per heavy atom. The van der Waals surface area contributed by atoms with E-state index in [1.54, 1.807) is 20.3 Å². The monoisotopic (exact) mass is 296 g/mol. The van der Waals surface area contributed by atoms with Crippen LogP contribution >= 0.6 is 0 Å². The van der Waals surface area contributed by atoms with Crippen LogP contribution in [0.3, 0.4) is 0 Å². The highest BCUT2D eigenvalue weighted by atomic mass is 16.4. The first kappa shape index (κ1) is 17.0. The lowest BCUT2D eigenvalue weighted by Gasteiger charge is -2.27.